The van der Waals surface area contributed by atoms with Gasteiger partial charge in [0.25, 0.3) is 0 Å². The molecule has 0 radical (unpaired) electrons. The zero-order chi connectivity index (χ0) is 13.7. The van der Waals surface area contributed by atoms with Gasteiger partial charge in [-0.15, -0.1) is 11.8 Å². The summed E-state index contributed by atoms with van der Waals surface area (Å²) in [5.41, 5.74) is 0.964. The molecule has 0 fully saturated rings. The van der Waals surface area contributed by atoms with Crippen LogP contribution in [0.2, 0.25) is 0 Å². The van der Waals surface area contributed by atoms with Crippen LogP contribution in [0.25, 0.3) is 0 Å². The maximum absolute atomic E-state index is 5.34. The van der Waals surface area contributed by atoms with E-state index in [1.807, 2.05) is 18.4 Å². The number of nitrogens with one attached hydrogen (secondary N) is 2. The normalized spacial score (nSPS) is 10.1. The Kier molecular flexibility index (Phi) is 4.46. The van der Waals surface area contributed by atoms with Crippen molar-refractivity contribution in [1.29, 1.82) is 0 Å². The Bertz CT molecular complexity index is 562. The van der Waals surface area contributed by atoms with E-state index < -0.39 is 0 Å². The second kappa shape index (κ2) is 6.29. The van der Waals surface area contributed by atoms with Gasteiger partial charge in [-0.2, -0.15) is 0 Å². The zero-order valence-electron chi connectivity index (χ0n) is 11.1. The molecule has 0 unspecified atom stereocenters. The van der Waals surface area contributed by atoms with Crippen molar-refractivity contribution in [3.05, 3.63) is 30.6 Å². The number of thioether (sulfide) groups is 1. The van der Waals surface area contributed by atoms with E-state index in [4.69, 9.17) is 4.74 Å². The van der Waals surface area contributed by atoms with Crippen LogP contribution >= 0.6 is 11.8 Å². The highest BCUT2D eigenvalue weighted by Crippen LogP contribution is 2.31. The van der Waals surface area contributed by atoms with Crippen LogP contribution in [0.4, 0.5) is 17.3 Å². The highest BCUT2D eigenvalue weighted by molar-refractivity contribution is 7.98. The molecular weight excluding hydrogens is 260 g/mol. The summed E-state index contributed by atoms with van der Waals surface area (Å²) in [5.74, 6) is 1.89. The molecule has 6 heteroatoms. The molecule has 1 aromatic heterocycles. The van der Waals surface area contributed by atoms with Crippen molar-refractivity contribution in [2.45, 2.75) is 4.90 Å². The molecule has 5 nitrogen and oxygen atoms in total. The molecule has 0 spiro atoms. The van der Waals surface area contributed by atoms with Crippen LogP contribution < -0.4 is 15.4 Å². The zero-order valence-corrected chi connectivity index (χ0v) is 11.9. The molecular formula is C13H16N4OS. The van der Waals surface area contributed by atoms with Gasteiger partial charge in [0.1, 0.15) is 6.33 Å². The monoisotopic (exact) mass is 276 g/mol. The van der Waals surface area contributed by atoms with E-state index >= 15 is 0 Å². The maximum Gasteiger partial charge on any atom is 0.204 e. The third-order valence-electron chi connectivity index (χ3n) is 2.58. The average molecular weight is 276 g/mol. The lowest BCUT2D eigenvalue weighted by Crippen LogP contribution is -2.03. The molecule has 1 aromatic carbocycles. The number of rotatable bonds is 5. The fourth-order valence-electron chi connectivity index (χ4n) is 1.67. The van der Waals surface area contributed by atoms with Gasteiger partial charge in [-0.1, -0.05) is 6.07 Å². The molecule has 1 heterocycles. The molecule has 0 saturated carbocycles. The minimum Gasteiger partial charge on any atom is -0.490 e. The van der Waals surface area contributed by atoms with E-state index in [2.05, 4.69) is 32.7 Å². The third-order valence-corrected chi connectivity index (χ3v) is 3.30. The Morgan fingerprint density at radius 3 is 2.68 bits per heavy atom. The third kappa shape index (κ3) is 3.08. The van der Waals surface area contributed by atoms with E-state index in [1.165, 1.54) is 11.2 Å². The molecule has 0 saturated heterocycles. The highest BCUT2D eigenvalue weighted by Gasteiger charge is 2.11. The van der Waals surface area contributed by atoms with E-state index in [0.29, 0.717) is 17.4 Å². The minimum atomic E-state index is 0.597. The summed E-state index contributed by atoms with van der Waals surface area (Å²) >= 11 is 1.69. The van der Waals surface area contributed by atoms with Crippen LogP contribution in [0.1, 0.15) is 0 Å². The van der Waals surface area contributed by atoms with Gasteiger partial charge in [0.15, 0.2) is 11.6 Å². The lowest BCUT2D eigenvalue weighted by Gasteiger charge is -2.13. The van der Waals surface area contributed by atoms with E-state index in [0.717, 1.165) is 5.69 Å². The first-order valence-corrected chi connectivity index (χ1v) is 6.98. The molecule has 0 bridgehead atoms. The fraction of sp³-hybridized carbons (Fsp3) is 0.231. The summed E-state index contributed by atoms with van der Waals surface area (Å²) in [6.07, 6.45) is 3.54. The van der Waals surface area contributed by atoms with Gasteiger partial charge in [-0.05, 0) is 24.5 Å². The predicted octanol–water partition coefficient (Wildman–Crippen LogP) is 2.99. The summed E-state index contributed by atoms with van der Waals surface area (Å²) in [5, 5.41) is 6.22. The predicted molar refractivity (Wildman–Crippen MR) is 79.6 cm³/mol. The van der Waals surface area contributed by atoms with E-state index in [-0.39, 0.29) is 0 Å². The van der Waals surface area contributed by atoms with Crippen molar-refractivity contribution < 1.29 is 4.74 Å². The first kappa shape index (κ1) is 13.5. The summed E-state index contributed by atoms with van der Waals surface area (Å²) in [6, 6.07) is 8.11. The van der Waals surface area contributed by atoms with E-state index in [9.17, 15) is 0 Å². The molecule has 19 heavy (non-hydrogen) atoms. The molecule has 0 atom stereocenters. The van der Waals surface area contributed by atoms with Crippen molar-refractivity contribution in [3.8, 4) is 5.75 Å². The molecule has 2 aromatic rings. The Morgan fingerprint density at radius 1 is 1.21 bits per heavy atom. The van der Waals surface area contributed by atoms with Gasteiger partial charge < -0.3 is 15.4 Å². The molecule has 0 amide bonds. The van der Waals surface area contributed by atoms with Crippen molar-refractivity contribution in [3.63, 3.8) is 0 Å². The fourth-order valence-corrected chi connectivity index (χ4v) is 2.13. The Balaban J connectivity index is 2.32. The first-order chi connectivity index (χ1) is 9.28. The number of ether oxygens (including phenoxy) is 1. The van der Waals surface area contributed by atoms with E-state index in [1.54, 1.807) is 25.9 Å². The Hall–Kier alpha value is -1.95. The standard InChI is InChI=1S/C13H16N4OS/c1-14-12-11(18-2)13(16-8-15-12)17-9-5-4-6-10(7-9)19-3/h4-8H,1-3H3,(H2,14,15,16,17). The second-order valence-electron chi connectivity index (χ2n) is 3.71. The summed E-state index contributed by atoms with van der Waals surface area (Å²) in [4.78, 5) is 9.51. The molecule has 100 valence electrons. The SMILES string of the molecule is CNc1ncnc(Nc2cccc(SC)c2)c1OC. The average Bonchev–Trinajstić information content (AvgIpc) is 2.47. The maximum atomic E-state index is 5.34. The molecule has 0 aliphatic carbocycles. The number of methoxy groups -OCH3 is 1. The van der Waals surface area contributed by atoms with Gasteiger partial charge in [-0.25, -0.2) is 9.97 Å². The largest absolute Gasteiger partial charge is 0.490 e. The highest BCUT2D eigenvalue weighted by atomic mass is 32.2. The molecule has 0 aliphatic heterocycles. The molecule has 2 rings (SSSR count). The van der Waals surface area contributed by atoms with Crippen molar-refractivity contribution in [2.75, 3.05) is 31.0 Å². The van der Waals surface area contributed by atoms with Crippen molar-refractivity contribution >= 4 is 29.1 Å². The summed E-state index contributed by atoms with van der Waals surface area (Å²) in [6.45, 7) is 0. The number of anilines is 3. The minimum absolute atomic E-state index is 0.597. The van der Waals surface area contributed by atoms with Gasteiger partial charge in [0.05, 0.1) is 7.11 Å². The van der Waals surface area contributed by atoms with Crippen LogP contribution in [0.5, 0.6) is 5.75 Å². The van der Waals surface area contributed by atoms with Crippen molar-refractivity contribution in [1.82, 2.24) is 9.97 Å². The van der Waals surface area contributed by atoms with Crippen LogP contribution in [-0.2, 0) is 0 Å². The summed E-state index contributed by atoms with van der Waals surface area (Å²) in [7, 11) is 3.39. The van der Waals surface area contributed by atoms with Crippen LogP contribution in [0.3, 0.4) is 0 Å². The molecule has 2 N–H and O–H groups in total. The van der Waals surface area contributed by atoms with Crippen molar-refractivity contribution in [2.24, 2.45) is 0 Å². The van der Waals surface area contributed by atoms with Crippen LogP contribution in [0, 0.1) is 0 Å². The van der Waals surface area contributed by atoms with Gasteiger partial charge in [0, 0.05) is 17.6 Å². The number of nitrogens with zero attached hydrogens (tertiary/aromatic N) is 2. The smallest absolute Gasteiger partial charge is 0.204 e. The number of hydrogen-bond donors (Lipinski definition) is 2. The topological polar surface area (TPSA) is 59.1 Å². The Labute approximate surface area is 116 Å². The second-order valence-corrected chi connectivity index (χ2v) is 4.59. The lowest BCUT2D eigenvalue weighted by molar-refractivity contribution is 0.415. The summed E-state index contributed by atoms with van der Waals surface area (Å²) < 4.78 is 5.34. The Morgan fingerprint density at radius 2 is 2.00 bits per heavy atom. The molecule has 0 aliphatic rings. The van der Waals surface area contributed by atoms with Gasteiger partial charge in [0.2, 0.25) is 5.75 Å². The van der Waals surface area contributed by atoms with Crippen LogP contribution in [0.15, 0.2) is 35.5 Å². The number of benzene rings is 1. The van der Waals surface area contributed by atoms with Crippen LogP contribution in [-0.4, -0.2) is 30.4 Å². The van der Waals surface area contributed by atoms with Gasteiger partial charge in [-0.3, -0.25) is 0 Å². The van der Waals surface area contributed by atoms with Gasteiger partial charge >= 0.3 is 0 Å². The number of aromatic nitrogens is 2. The lowest BCUT2D eigenvalue weighted by atomic mass is 10.3. The number of hydrogen-bond acceptors (Lipinski definition) is 6. The quantitative estimate of drug-likeness (QED) is 0.819. The first-order valence-electron chi connectivity index (χ1n) is 5.76.